The zero-order valence-corrected chi connectivity index (χ0v) is 24.2. The monoisotopic (exact) mass is 588 g/mol. The average molecular weight is 589 g/mol. The third kappa shape index (κ3) is 36.8. The van der Waals surface area contributed by atoms with Crippen LogP contribution in [0.5, 0.6) is 0 Å². The minimum atomic E-state index is -1.79. The summed E-state index contributed by atoms with van der Waals surface area (Å²) in [5.41, 5.74) is 0. The van der Waals surface area contributed by atoms with E-state index < -0.39 is 6.16 Å². The van der Waals surface area contributed by atoms with Gasteiger partial charge in [0.1, 0.15) is 0 Å². The minimum absolute atomic E-state index is 0.312. The second kappa shape index (κ2) is 35.9. The van der Waals surface area contributed by atoms with Crippen LogP contribution in [0.1, 0.15) is 155 Å². The lowest BCUT2D eigenvalue weighted by Crippen LogP contribution is -2.06. The molecule has 0 amide bonds. The number of carboxylic acid groups (broad SMARTS) is 1. The van der Waals surface area contributed by atoms with Gasteiger partial charge in [0.25, 0.3) is 0 Å². The molecule has 0 aromatic heterocycles. The lowest BCUT2D eigenvalue weighted by atomic mass is 10.0. The van der Waals surface area contributed by atoms with Crippen LogP contribution in [0.3, 0.4) is 0 Å². The van der Waals surface area contributed by atoms with Gasteiger partial charge < -0.3 is 5.11 Å². The predicted molar refractivity (Wildman–Crippen MR) is 138 cm³/mol. The molecule has 0 radical (unpaired) electrons. The molecule has 40 heavy (non-hydrogen) atoms. The van der Waals surface area contributed by atoms with Crippen molar-refractivity contribution in [1.29, 1.82) is 0 Å². The Hall–Kier alpha value is -1.17. The Morgan fingerprint density at radius 1 is 0.400 bits per heavy atom. The van der Waals surface area contributed by atoms with Gasteiger partial charge in [0.2, 0.25) is 0 Å². The highest BCUT2D eigenvalue weighted by Gasteiger charge is 2.01. The number of unbranched alkanes of at least 4 members (excludes halogenated alkanes) is 22. The molecule has 14 nitrogen and oxygen atoms in total. The first-order valence-electron chi connectivity index (χ1n) is 15.0. The molecule has 0 heterocycles. The molecule has 0 atom stereocenters. The van der Waals surface area contributed by atoms with E-state index in [9.17, 15) is 4.79 Å². The summed E-state index contributed by atoms with van der Waals surface area (Å²) in [6, 6.07) is 0. The van der Waals surface area contributed by atoms with Crippen molar-refractivity contribution in [2.45, 2.75) is 155 Å². The highest BCUT2D eigenvalue weighted by Crippen LogP contribution is 2.15. The largest absolute Gasteiger partial charge is 0.540 e. The summed E-state index contributed by atoms with van der Waals surface area (Å²) in [7, 11) is 0. The van der Waals surface area contributed by atoms with Crippen LogP contribution in [0.2, 0.25) is 0 Å². The summed E-state index contributed by atoms with van der Waals surface area (Å²) in [5, 5.41) is 45.2. The molecular formula is C26H52O14. The second-order valence-electron chi connectivity index (χ2n) is 9.63. The van der Waals surface area contributed by atoms with Crippen molar-refractivity contribution in [2.24, 2.45) is 0 Å². The highest BCUT2D eigenvalue weighted by molar-refractivity contribution is 5.55. The number of carbonyl (C=O) groups is 1. The molecule has 14 heteroatoms. The van der Waals surface area contributed by atoms with Crippen molar-refractivity contribution in [3.05, 3.63) is 0 Å². The lowest BCUT2D eigenvalue weighted by Gasteiger charge is -2.04. The number of rotatable bonds is 35. The Labute approximate surface area is 237 Å². The molecule has 0 spiro atoms. The van der Waals surface area contributed by atoms with E-state index >= 15 is 0 Å². The molecule has 0 aliphatic heterocycles. The third-order valence-corrected chi connectivity index (χ3v) is 6.23. The Morgan fingerprint density at radius 3 is 1.00 bits per heavy atom. The van der Waals surface area contributed by atoms with E-state index in [1.165, 1.54) is 128 Å². The van der Waals surface area contributed by atoms with Crippen LogP contribution in [0.15, 0.2) is 0 Å². The van der Waals surface area contributed by atoms with Gasteiger partial charge in [-0.3, -0.25) is 0 Å². The Morgan fingerprint density at radius 2 is 0.675 bits per heavy atom. The Balaban J connectivity index is 3.03. The predicted octanol–water partition coefficient (Wildman–Crippen LogP) is 8.92. The van der Waals surface area contributed by atoms with Crippen LogP contribution in [-0.2, 0) is 60.2 Å². The quantitative estimate of drug-likeness (QED) is 0.0426. The van der Waals surface area contributed by atoms with Gasteiger partial charge in [0.15, 0.2) is 0 Å². The fourth-order valence-electron chi connectivity index (χ4n) is 4.13. The van der Waals surface area contributed by atoms with Crippen LogP contribution >= 0.6 is 0 Å². The summed E-state index contributed by atoms with van der Waals surface area (Å²) >= 11 is 0. The van der Waals surface area contributed by atoms with Crippen LogP contribution < -0.4 is 0 Å². The molecule has 0 saturated carbocycles. The summed E-state index contributed by atoms with van der Waals surface area (Å²) < 4.78 is 0. The maximum Gasteiger partial charge on any atom is 0.540 e. The molecule has 0 fully saturated rings. The van der Waals surface area contributed by atoms with Gasteiger partial charge in [-0.15, -0.1) is 0 Å². The van der Waals surface area contributed by atoms with Gasteiger partial charge in [0.05, 0.1) is 6.61 Å². The lowest BCUT2D eigenvalue weighted by molar-refractivity contribution is -0.862. The normalized spacial score (nSPS) is 11.3. The van der Waals surface area contributed by atoms with Crippen molar-refractivity contribution < 1.29 is 70.1 Å². The first kappa shape index (κ1) is 38.8. The Kier molecular flexibility index (Phi) is 34.8. The van der Waals surface area contributed by atoms with Crippen LogP contribution in [-0.4, -0.2) is 17.9 Å². The molecular weight excluding hydrogens is 536 g/mol. The zero-order valence-electron chi connectivity index (χ0n) is 24.2. The summed E-state index contributed by atoms with van der Waals surface area (Å²) in [6.45, 7) is 2.59. The van der Waals surface area contributed by atoms with E-state index in [4.69, 9.17) is 9.99 Å². The molecule has 0 aromatic carbocycles. The first-order valence-corrected chi connectivity index (χ1v) is 15.0. The van der Waals surface area contributed by atoms with E-state index in [1.807, 2.05) is 0 Å². The molecule has 0 bridgehead atoms. The van der Waals surface area contributed by atoms with Gasteiger partial charge in [0, 0.05) is 25.2 Å². The fourth-order valence-corrected chi connectivity index (χ4v) is 4.13. The smallest absolute Gasteiger partial charge is 0.448 e. The summed E-state index contributed by atoms with van der Waals surface area (Å²) in [6.07, 6.45) is 28.9. The number of hydrogen-bond donors (Lipinski definition) is 1. The molecule has 0 aliphatic rings. The molecule has 0 aromatic rings. The van der Waals surface area contributed by atoms with Crippen LogP contribution in [0, 0.1) is 0 Å². The van der Waals surface area contributed by atoms with Crippen LogP contribution in [0.4, 0.5) is 4.79 Å². The van der Waals surface area contributed by atoms with Crippen molar-refractivity contribution in [3.63, 3.8) is 0 Å². The number of hydrogen-bond acceptors (Lipinski definition) is 13. The Bertz CT molecular complexity index is 486. The van der Waals surface area contributed by atoms with E-state index in [0.717, 1.165) is 19.3 Å². The first-order chi connectivity index (χ1) is 19.8. The molecule has 0 aliphatic carbocycles. The van der Waals surface area contributed by atoms with Crippen molar-refractivity contribution in [2.75, 3.05) is 6.61 Å². The molecule has 0 unspecified atom stereocenters. The van der Waals surface area contributed by atoms with Gasteiger partial charge in [-0.1, -0.05) is 148 Å². The van der Waals surface area contributed by atoms with Crippen molar-refractivity contribution >= 4 is 6.16 Å². The minimum Gasteiger partial charge on any atom is -0.448 e. The summed E-state index contributed by atoms with van der Waals surface area (Å²) in [5.74, 6) is 0. The average Bonchev–Trinajstić information content (AvgIpc) is 2.95. The second-order valence-corrected chi connectivity index (χ2v) is 9.63. The van der Waals surface area contributed by atoms with Crippen molar-refractivity contribution in [3.8, 4) is 0 Å². The van der Waals surface area contributed by atoms with E-state index in [2.05, 4.69) is 62.2 Å². The van der Waals surface area contributed by atoms with Gasteiger partial charge in [-0.2, -0.15) is 0 Å². The van der Waals surface area contributed by atoms with E-state index in [-0.39, 0.29) is 0 Å². The maximum absolute atomic E-state index is 9.83. The SMILES string of the molecule is CCCCCCCCCCCCCCCCCCCCCCCCCOOOOOOOOOOOOC(=O)O. The van der Waals surface area contributed by atoms with E-state index in [0.29, 0.717) is 6.61 Å². The molecule has 0 rings (SSSR count). The standard InChI is InChI=1S/C26H52O14/c1-2-3-4-5-6-7-8-9-10-11-12-13-14-15-16-17-18-19-20-21-22-23-24-25-29-31-33-35-37-39-40-38-36-34-32-30-26(27)28/h2-25H2,1H3,(H,27,28). The van der Waals surface area contributed by atoms with Gasteiger partial charge in [-0.25, -0.2) is 14.6 Å². The molecule has 240 valence electrons. The topological polar surface area (TPSA) is 148 Å². The molecule has 1 N–H and O–H groups in total. The van der Waals surface area contributed by atoms with Crippen LogP contribution in [0.25, 0.3) is 0 Å². The third-order valence-electron chi connectivity index (χ3n) is 6.23. The fraction of sp³-hybridized carbons (Fsp3) is 0.962. The van der Waals surface area contributed by atoms with Gasteiger partial charge in [-0.05, 0) is 31.6 Å². The zero-order chi connectivity index (χ0) is 29.0. The van der Waals surface area contributed by atoms with Crippen molar-refractivity contribution in [1.82, 2.24) is 0 Å². The summed E-state index contributed by atoms with van der Waals surface area (Å²) in [4.78, 5) is 17.9. The highest BCUT2D eigenvalue weighted by atomic mass is 18.0. The molecule has 0 saturated heterocycles. The van der Waals surface area contributed by atoms with E-state index in [1.54, 1.807) is 0 Å². The maximum atomic E-state index is 9.83. The van der Waals surface area contributed by atoms with Gasteiger partial charge >= 0.3 is 6.16 Å².